The summed E-state index contributed by atoms with van der Waals surface area (Å²) in [5.41, 5.74) is 2.75. The Hall–Kier alpha value is -3.18. The molecule has 0 aliphatic rings. The van der Waals surface area contributed by atoms with Gasteiger partial charge in [0.25, 0.3) is 11.5 Å². The lowest BCUT2D eigenvalue weighted by Crippen LogP contribution is -2.33. The van der Waals surface area contributed by atoms with E-state index < -0.39 is 22.0 Å². The summed E-state index contributed by atoms with van der Waals surface area (Å²) in [4.78, 5) is 28.4. The Kier molecular flexibility index (Phi) is 6.94. The van der Waals surface area contributed by atoms with Crippen LogP contribution >= 0.6 is 0 Å². The Morgan fingerprint density at radius 3 is 2.67 bits per heavy atom. The zero-order valence-electron chi connectivity index (χ0n) is 19.6. The van der Waals surface area contributed by atoms with Crippen molar-refractivity contribution in [2.45, 2.75) is 40.3 Å². The Bertz CT molecular complexity index is 1360. The molecule has 3 rings (SSSR count). The maximum atomic E-state index is 13.3. The minimum atomic E-state index is -3.48. The summed E-state index contributed by atoms with van der Waals surface area (Å²) in [5.74, 6) is -0.0152. The highest BCUT2D eigenvalue weighted by atomic mass is 32.2. The molecule has 0 aliphatic heterocycles. The van der Waals surface area contributed by atoms with E-state index in [0.717, 1.165) is 6.26 Å². The molecule has 10 nitrogen and oxygen atoms in total. The summed E-state index contributed by atoms with van der Waals surface area (Å²) < 4.78 is 32.9. The number of aromatic nitrogens is 3. The van der Waals surface area contributed by atoms with Crippen molar-refractivity contribution in [3.8, 4) is 5.75 Å². The number of carbonyl (C=O) groups is 1. The number of nitrogens with zero attached hydrogens (tertiary/aromatic N) is 3. The molecular formula is C22H29N5O5S. The maximum Gasteiger partial charge on any atom is 0.256 e. The van der Waals surface area contributed by atoms with E-state index in [2.05, 4.69) is 15.4 Å². The summed E-state index contributed by atoms with van der Waals surface area (Å²) in [6.07, 6.45) is 2.74. The van der Waals surface area contributed by atoms with Gasteiger partial charge in [-0.2, -0.15) is 9.40 Å². The monoisotopic (exact) mass is 475 g/mol. The fraction of sp³-hybridized carbons (Fsp3) is 0.409. The van der Waals surface area contributed by atoms with Crippen molar-refractivity contribution in [1.29, 1.82) is 0 Å². The van der Waals surface area contributed by atoms with Crippen molar-refractivity contribution in [2.75, 3.05) is 19.9 Å². The number of amides is 1. The van der Waals surface area contributed by atoms with Crippen LogP contribution < -0.4 is 15.6 Å². The molecule has 178 valence electrons. The highest BCUT2D eigenvalue weighted by molar-refractivity contribution is 7.88. The normalized spacial score (nSPS) is 12.8. The van der Waals surface area contributed by atoms with Crippen molar-refractivity contribution >= 4 is 21.4 Å². The van der Waals surface area contributed by atoms with E-state index in [4.69, 9.17) is 4.74 Å². The first-order chi connectivity index (χ1) is 15.5. The molecule has 0 aromatic carbocycles. The fourth-order valence-electron chi connectivity index (χ4n) is 4.23. The molecular weight excluding hydrogens is 446 g/mol. The SMILES string of the molecule is CCN(C(C)c1c(C)c(C(=O)NCc2c(OC)cc(C)[nH]c2=O)c2cccnn12)S(C)(=O)=O. The van der Waals surface area contributed by atoms with Gasteiger partial charge in [-0.1, -0.05) is 6.92 Å². The molecule has 0 aliphatic carbocycles. The van der Waals surface area contributed by atoms with E-state index in [1.165, 1.54) is 11.4 Å². The van der Waals surface area contributed by atoms with Gasteiger partial charge in [0.15, 0.2) is 0 Å². The van der Waals surface area contributed by atoms with Crippen LogP contribution in [0.1, 0.15) is 52.8 Å². The second kappa shape index (κ2) is 9.36. The molecule has 0 radical (unpaired) electrons. The van der Waals surface area contributed by atoms with Crippen LogP contribution in [0.2, 0.25) is 0 Å². The van der Waals surface area contributed by atoms with Crippen LogP contribution in [0.25, 0.3) is 5.52 Å². The zero-order valence-corrected chi connectivity index (χ0v) is 20.4. The average molecular weight is 476 g/mol. The molecule has 0 saturated heterocycles. The lowest BCUT2D eigenvalue weighted by Gasteiger charge is -2.26. The van der Waals surface area contributed by atoms with Crippen LogP contribution in [0.3, 0.4) is 0 Å². The Labute approximate surface area is 192 Å². The molecule has 3 aromatic rings. The summed E-state index contributed by atoms with van der Waals surface area (Å²) in [7, 11) is -2.02. The van der Waals surface area contributed by atoms with Crippen LogP contribution in [-0.2, 0) is 16.6 Å². The number of ether oxygens (including phenoxy) is 1. The van der Waals surface area contributed by atoms with Crippen LogP contribution in [0.4, 0.5) is 0 Å². The van der Waals surface area contributed by atoms with Gasteiger partial charge in [-0.25, -0.2) is 12.9 Å². The van der Waals surface area contributed by atoms with Crippen molar-refractivity contribution in [1.82, 2.24) is 24.2 Å². The molecule has 0 bridgehead atoms. The van der Waals surface area contributed by atoms with Gasteiger partial charge in [-0.05, 0) is 44.5 Å². The number of rotatable bonds is 8. The summed E-state index contributed by atoms with van der Waals surface area (Å²) in [6.45, 7) is 7.28. The van der Waals surface area contributed by atoms with E-state index >= 15 is 0 Å². The number of carbonyl (C=O) groups excluding carboxylic acids is 1. The van der Waals surface area contributed by atoms with Gasteiger partial charge in [-0.15, -0.1) is 0 Å². The minimum absolute atomic E-state index is 0.0377. The first kappa shape index (κ1) is 24.5. The number of methoxy groups -OCH3 is 1. The molecule has 0 fully saturated rings. The van der Waals surface area contributed by atoms with E-state index in [1.807, 2.05) is 0 Å². The predicted molar refractivity (Wildman–Crippen MR) is 125 cm³/mol. The predicted octanol–water partition coefficient (Wildman–Crippen LogP) is 1.92. The Morgan fingerprint density at radius 1 is 1.36 bits per heavy atom. The minimum Gasteiger partial charge on any atom is -0.496 e. The number of pyridine rings is 1. The topological polar surface area (TPSA) is 126 Å². The van der Waals surface area contributed by atoms with Crippen LogP contribution in [0.15, 0.2) is 29.2 Å². The molecule has 0 saturated carbocycles. The number of H-pyrrole nitrogens is 1. The molecule has 1 amide bonds. The Morgan fingerprint density at radius 2 is 2.06 bits per heavy atom. The molecule has 1 unspecified atom stereocenters. The van der Waals surface area contributed by atoms with Crippen LogP contribution in [0, 0.1) is 13.8 Å². The third-order valence-corrected chi connectivity index (χ3v) is 7.09. The van der Waals surface area contributed by atoms with Crippen LogP contribution in [-0.4, -0.2) is 53.1 Å². The molecule has 3 heterocycles. The number of nitrogens with one attached hydrogen (secondary N) is 2. The van der Waals surface area contributed by atoms with Gasteiger partial charge < -0.3 is 15.0 Å². The highest BCUT2D eigenvalue weighted by Gasteiger charge is 2.30. The largest absolute Gasteiger partial charge is 0.496 e. The second-order valence-corrected chi connectivity index (χ2v) is 9.79. The third-order valence-electron chi connectivity index (χ3n) is 5.66. The van der Waals surface area contributed by atoms with Crippen molar-refractivity contribution in [2.24, 2.45) is 0 Å². The Balaban J connectivity index is 2.04. The number of hydrogen-bond acceptors (Lipinski definition) is 6. The molecule has 11 heteroatoms. The first-order valence-electron chi connectivity index (χ1n) is 10.5. The lowest BCUT2D eigenvalue weighted by atomic mass is 10.1. The third kappa shape index (κ3) is 4.64. The van der Waals surface area contributed by atoms with Crippen LogP contribution in [0.5, 0.6) is 5.75 Å². The van der Waals surface area contributed by atoms with Gasteiger partial charge in [0.1, 0.15) is 5.75 Å². The molecule has 2 N–H and O–H groups in total. The standard InChI is InChI=1S/C22H29N5O5S/c1-7-26(33(6,30)31)15(4)20-14(3)19(17-9-8-10-24-27(17)20)22(29)23-12-16-18(32-5)11-13(2)25-21(16)28/h8-11,15H,7,12H2,1-6H3,(H,23,29)(H,25,28). The van der Waals surface area contributed by atoms with E-state index in [0.29, 0.717) is 39.3 Å². The summed E-state index contributed by atoms with van der Waals surface area (Å²) in [6, 6.07) is 4.60. The van der Waals surface area contributed by atoms with E-state index in [1.54, 1.807) is 56.6 Å². The van der Waals surface area contributed by atoms with Gasteiger partial charge in [-0.3, -0.25) is 9.59 Å². The molecule has 1 atom stereocenters. The number of aryl methyl sites for hydroxylation is 1. The number of fused-ring (bicyclic) bond motifs is 1. The van der Waals surface area contributed by atoms with E-state index in [9.17, 15) is 18.0 Å². The molecule has 0 spiro atoms. The highest BCUT2D eigenvalue weighted by Crippen LogP contribution is 2.31. The van der Waals surface area contributed by atoms with Crippen molar-refractivity contribution in [3.05, 3.63) is 62.8 Å². The second-order valence-electron chi connectivity index (χ2n) is 7.86. The number of hydrogen-bond donors (Lipinski definition) is 2. The summed E-state index contributed by atoms with van der Waals surface area (Å²) in [5, 5.41) is 7.17. The summed E-state index contributed by atoms with van der Waals surface area (Å²) >= 11 is 0. The number of sulfonamides is 1. The lowest BCUT2D eigenvalue weighted by molar-refractivity contribution is 0.0951. The molecule has 3 aromatic heterocycles. The maximum absolute atomic E-state index is 13.3. The smallest absolute Gasteiger partial charge is 0.256 e. The first-order valence-corrected chi connectivity index (χ1v) is 12.3. The van der Waals surface area contributed by atoms with Gasteiger partial charge in [0, 0.05) is 18.4 Å². The van der Waals surface area contributed by atoms with Crippen molar-refractivity contribution < 1.29 is 17.9 Å². The van der Waals surface area contributed by atoms with Gasteiger partial charge >= 0.3 is 0 Å². The zero-order chi connectivity index (χ0) is 24.5. The average Bonchev–Trinajstić information content (AvgIpc) is 3.03. The molecule has 33 heavy (non-hydrogen) atoms. The van der Waals surface area contributed by atoms with E-state index in [-0.39, 0.29) is 18.6 Å². The fourth-order valence-corrected chi connectivity index (χ4v) is 5.38. The quantitative estimate of drug-likeness (QED) is 0.513. The van der Waals surface area contributed by atoms with Gasteiger partial charge in [0.05, 0.1) is 48.3 Å². The van der Waals surface area contributed by atoms with Crippen molar-refractivity contribution in [3.63, 3.8) is 0 Å². The number of aromatic amines is 1. The van der Waals surface area contributed by atoms with Gasteiger partial charge in [0.2, 0.25) is 10.0 Å².